The number of carbonyl (C=O) groups is 1. The molecule has 2 rings (SSSR count). The van der Waals surface area contributed by atoms with E-state index in [2.05, 4.69) is 6.07 Å². The Kier molecular flexibility index (Phi) is 4.25. The maximum atomic E-state index is 11.0. The van der Waals surface area contributed by atoms with Gasteiger partial charge < -0.3 is 14.2 Å². The molecule has 0 heterocycles. The van der Waals surface area contributed by atoms with Gasteiger partial charge in [0.25, 0.3) is 0 Å². The van der Waals surface area contributed by atoms with Crippen LogP contribution in [0.5, 0.6) is 17.2 Å². The lowest BCUT2D eigenvalue weighted by atomic mass is 10.0. The summed E-state index contributed by atoms with van der Waals surface area (Å²) >= 11 is 0. The fourth-order valence-corrected chi connectivity index (χ4v) is 1.86. The summed E-state index contributed by atoms with van der Waals surface area (Å²) in [5.41, 5.74) is 1.68. The van der Waals surface area contributed by atoms with Gasteiger partial charge in [0.1, 0.15) is 17.2 Å². The molecule has 0 aliphatic carbocycles. The van der Waals surface area contributed by atoms with E-state index in [0.717, 1.165) is 11.1 Å². The maximum Gasteiger partial charge on any atom is 0.308 e. The fourth-order valence-electron chi connectivity index (χ4n) is 1.86. The number of esters is 1. The van der Waals surface area contributed by atoms with Crippen LogP contribution in [-0.2, 0) is 4.79 Å². The first-order chi connectivity index (χ1) is 9.63. The van der Waals surface area contributed by atoms with Gasteiger partial charge in [-0.05, 0) is 29.8 Å². The lowest BCUT2D eigenvalue weighted by Gasteiger charge is -2.11. The summed E-state index contributed by atoms with van der Waals surface area (Å²) in [6.07, 6.45) is 0. The SMILES string of the molecule is COc1c[c]c(OC)c(-c2cccc(OC(C)=O)c2)c1. The molecular weight excluding hydrogens is 256 g/mol. The zero-order valence-electron chi connectivity index (χ0n) is 11.6. The van der Waals surface area contributed by atoms with Crippen molar-refractivity contribution in [1.29, 1.82) is 0 Å². The van der Waals surface area contributed by atoms with Crippen LogP contribution in [0.1, 0.15) is 6.92 Å². The van der Waals surface area contributed by atoms with E-state index in [0.29, 0.717) is 17.2 Å². The molecule has 1 radical (unpaired) electrons. The number of hydrogen-bond donors (Lipinski definition) is 0. The highest BCUT2D eigenvalue weighted by Gasteiger charge is 2.09. The molecule has 0 saturated carbocycles. The summed E-state index contributed by atoms with van der Waals surface area (Å²) in [7, 11) is 3.17. The monoisotopic (exact) mass is 271 g/mol. The summed E-state index contributed by atoms with van der Waals surface area (Å²) in [6, 6.07) is 13.8. The second-order valence-electron chi connectivity index (χ2n) is 4.11. The van der Waals surface area contributed by atoms with Crippen LogP contribution >= 0.6 is 0 Å². The summed E-state index contributed by atoms with van der Waals surface area (Å²) < 4.78 is 15.6. The molecule has 0 unspecified atom stereocenters. The lowest BCUT2D eigenvalue weighted by molar-refractivity contribution is -0.131. The quantitative estimate of drug-likeness (QED) is 0.633. The minimum absolute atomic E-state index is 0.355. The highest BCUT2D eigenvalue weighted by molar-refractivity contribution is 5.74. The Morgan fingerprint density at radius 3 is 2.55 bits per heavy atom. The molecule has 4 heteroatoms. The minimum atomic E-state index is -0.355. The molecule has 0 aromatic heterocycles. The number of hydrogen-bond acceptors (Lipinski definition) is 4. The number of carbonyl (C=O) groups excluding carboxylic acids is 1. The summed E-state index contributed by atoms with van der Waals surface area (Å²) in [4.78, 5) is 11.0. The van der Waals surface area contributed by atoms with Gasteiger partial charge in [0.15, 0.2) is 0 Å². The third kappa shape index (κ3) is 3.09. The molecule has 0 fully saturated rings. The average molecular weight is 271 g/mol. The van der Waals surface area contributed by atoms with E-state index in [4.69, 9.17) is 14.2 Å². The minimum Gasteiger partial charge on any atom is -0.497 e. The summed E-state index contributed by atoms with van der Waals surface area (Å²) in [5.74, 6) is 1.41. The first-order valence-electron chi connectivity index (χ1n) is 6.06. The molecule has 0 bridgehead atoms. The van der Waals surface area contributed by atoms with Crippen LogP contribution in [0, 0.1) is 6.07 Å². The molecule has 2 aromatic rings. The Bertz CT molecular complexity index is 620. The van der Waals surface area contributed by atoms with Crippen molar-refractivity contribution in [3.8, 4) is 28.4 Å². The molecular formula is C16H15O4. The third-order valence-corrected chi connectivity index (χ3v) is 2.72. The summed E-state index contributed by atoms with van der Waals surface area (Å²) in [6.45, 7) is 1.37. The van der Waals surface area contributed by atoms with Crippen molar-refractivity contribution in [1.82, 2.24) is 0 Å². The van der Waals surface area contributed by atoms with Crippen molar-refractivity contribution >= 4 is 5.97 Å². The van der Waals surface area contributed by atoms with Crippen molar-refractivity contribution in [2.45, 2.75) is 6.92 Å². The van der Waals surface area contributed by atoms with E-state index >= 15 is 0 Å². The van der Waals surface area contributed by atoms with Crippen molar-refractivity contribution in [2.24, 2.45) is 0 Å². The topological polar surface area (TPSA) is 44.8 Å². The van der Waals surface area contributed by atoms with Crippen LogP contribution < -0.4 is 14.2 Å². The lowest BCUT2D eigenvalue weighted by Crippen LogP contribution is -2.01. The van der Waals surface area contributed by atoms with Crippen molar-refractivity contribution in [2.75, 3.05) is 14.2 Å². The molecule has 20 heavy (non-hydrogen) atoms. The first kappa shape index (κ1) is 13.9. The van der Waals surface area contributed by atoms with Gasteiger partial charge in [-0.3, -0.25) is 4.79 Å². The molecule has 4 nitrogen and oxygen atoms in total. The molecule has 0 aliphatic heterocycles. The molecule has 0 spiro atoms. The van der Waals surface area contributed by atoms with Gasteiger partial charge in [-0.2, -0.15) is 0 Å². The normalized spacial score (nSPS) is 9.95. The Hall–Kier alpha value is -2.49. The highest BCUT2D eigenvalue weighted by atomic mass is 16.5. The zero-order valence-corrected chi connectivity index (χ0v) is 11.6. The second kappa shape index (κ2) is 6.10. The molecule has 103 valence electrons. The van der Waals surface area contributed by atoms with Gasteiger partial charge in [-0.15, -0.1) is 0 Å². The molecule has 2 aromatic carbocycles. The van der Waals surface area contributed by atoms with Gasteiger partial charge in [0, 0.05) is 18.6 Å². The predicted octanol–water partition coefficient (Wildman–Crippen LogP) is 3.10. The standard InChI is InChI=1S/C16H15O4/c1-11(17)20-14-6-4-5-12(9-14)15-10-13(18-2)7-8-16(15)19-3/h4-7,9-10H,1-3H3. The van der Waals surface area contributed by atoms with E-state index < -0.39 is 0 Å². The largest absolute Gasteiger partial charge is 0.497 e. The van der Waals surface area contributed by atoms with Gasteiger partial charge in [-0.25, -0.2) is 0 Å². The van der Waals surface area contributed by atoms with Gasteiger partial charge in [0.2, 0.25) is 0 Å². The first-order valence-corrected chi connectivity index (χ1v) is 6.06. The molecule has 0 N–H and O–H groups in total. The van der Waals surface area contributed by atoms with Crippen LogP contribution in [0.25, 0.3) is 11.1 Å². The van der Waals surface area contributed by atoms with Crippen molar-refractivity contribution < 1.29 is 19.0 Å². The zero-order chi connectivity index (χ0) is 14.5. The molecule has 0 amide bonds. The fraction of sp³-hybridized carbons (Fsp3) is 0.188. The van der Waals surface area contributed by atoms with Crippen LogP contribution in [0.15, 0.2) is 36.4 Å². The van der Waals surface area contributed by atoms with Gasteiger partial charge in [0.05, 0.1) is 14.2 Å². The molecule has 0 aliphatic rings. The number of ether oxygens (including phenoxy) is 3. The number of benzene rings is 2. The number of rotatable bonds is 4. The smallest absolute Gasteiger partial charge is 0.308 e. The van der Waals surface area contributed by atoms with Crippen molar-refractivity contribution in [3.05, 3.63) is 42.5 Å². The Morgan fingerprint density at radius 2 is 1.90 bits per heavy atom. The average Bonchev–Trinajstić information content (AvgIpc) is 2.46. The van der Waals surface area contributed by atoms with E-state index in [1.54, 1.807) is 32.4 Å². The van der Waals surface area contributed by atoms with E-state index in [-0.39, 0.29) is 5.97 Å². The maximum absolute atomic E-state index is 11.0. The van der Waals surface area contributed by atoms with E-state index in [1.807, 2.05) is 18.2 Å². The number of methoxy groups -OCH3 is 2. The predicted molar refractivity (Wildman–Crippen MR) is 75.1 cm³/mol. The van der Waals surface area contributed by atoms with Crippen LogP contribution in [0.2, 0.25) is 0 Å². The van der Waals surface area contributed by atoms with E-state index in [1.165, 1.54) is 6.92 Å². The summed E-state index contributed by atoms with van der Waals surface area (Å²) in [5, 5.41) is 0. The van der Waals surface area contributed by atoms with Gasteiger partial charge >= 0.3 is 5.97 Å². The van der Waals surface area contributed by atoms with Gasteiger partial charge in [-0.1, -0.05) is 12.1 Å². The Labute approximate surface area is 117 Å². The Morgan fingerprint density at radius 1 is 1.10 bits per heavy atom. The van der Waals surface area contributed by atoms with E-state index in [9.17, 15) is 4.79 Å². The second-order valence-corrected chi connectivity index (χ2v) is 4.11. The van der Waals surface area contributed by atoms with Crippen molar-refractivity contribution in [3.63, 3.8) is 0 Å². The Balaban J connectivity index is 2.46. The molecule has 0 atom stereocenters. The highest BCUT2D eigenvalue weighted by Crippen LogP contribution is 2.34. The van der Waals surface area contributed by atoms with Crippen LogP contribution in [0.3, 0.4) is 0 Å². The molecule has 0 saturated heterocycles. The van der Waals surface area contributed by atoms with Crippen LogP contribution in [-0.4, -0.2) is 20.2 Å². The van der Waals surface area contributed by atoms with Crippen LogP contribution in [0.4, 0.5) is 0 Å². The third-order valence-electron chi connectivity index (χ3n) is 2.72.